The van der Waals surface area contributed by atoms with Gasteiger partial charge in [-0.1, -0.05) is 24.3 Å². The highest BCUT2D eigenvalue weighted by Gasteiger charge is 2.22. The largest absolute Gasteiger partial charge is 0.380 e. The fourth-order valence-electron chi connectivity index (χ4n) is 3.84. The number of fused-ring (bicyclic) bond motifs is 2. The minimum atomic E-state index is -0.0752. The standard InChI is InChI=1S/C21H23N3O2/c1-13-8-20(25)24-18-7-6-17(11-19(18)23-13)21(26)22-12-14-9-15-4-2-3-5-16(15)10-14/h2-7,11,13-14,23H,8-10,12H2,1H3,(H,22,26)(H,24,25). The van der Waals surface area contributed by atoms with Gasteiger partial charge in [-0.25, -0.2) is 0 Å². The van der Waals surface area contributed by atoms with E-state index in [4.69, 9.17) is 0 Å². The summed E-state index contributed by atoms with van der Waals surface area (Å²) in [5, 5.41) is 9.23. The highest BCUT2D eigenvalue weighted by Crippen LogP contribution is 2.28. The van der Waals surface area contributed by atoms with Crippen LogP contribution in [-0.2, 0) is 17.6 Å². The average molecular weight is 349 g/mol. The molecule has 0 saturated carbocycles. The van der Waals surface area contributed by atoms with E-state index >= 15 is 0 Å². The van der Waals surface area contributed by atoms with E-state index in [0.29, 0.717) is 24.4 Å². The number of carbonyl (C=O) groups is 2. The average Bonchev–Trinajstić information content (AvgIpc) is 2.97. The van der Waals surface area contributed by atoms with Crippen LogP contribution in [0.2, 0.25) is 0 Å². The first-order valence-corrected chi connectivity index (χ1v) is 9.14. The molecule has 0 fully saturated rings. The summed E-state index contributed by atoms with van der Waals surface area (Å²) in [7, 11) is 0. The van der Waals surface area contributed by atoms with E-state index in [0.717, 1.165) is 24.2 Å². The zero-order chi connectivity index (χ0) is 18.1. The Bertz CT molecular complexity index is 837. The van der Waals surface area contributed by atoms with E-state index in [-0.39, 0.29) is 17.9 Å². The van der Waals surface area contributed by atoms with Crippen molar-refractivity contribution in [2.75, 3.05) is 17.2 Å². The third kappa shape index (κ3) is 3.43. The van der Waals surface area contributed by atoms with Crippen LogP contribution in [0.15, 0.2) is 42.5 Å². The lowest BCUT2D eigenvalue weighted by Crippen LogP contribution is -2.29. The number of hydrogen-bond acceptors (Lipinski definition) is 3. The first-order valence-electron chi connectivity index (χ1n) is 9.14. The van der Waals surface area contributed by atoms with Crippen LogP contribution in [0.4, 0.5) is 11.4 Å². The van der Waals surface area contributed by atoms with Crippen LogP contribution in [0.5, 0.6) is 0 Å². The van der Waals surface area contributed by atoms with Gasteiger partial charge in [0.25, 0.3) is 5.91 Å². The molecule has 134 valence electrons. The van der Waals surface area contributed by atoms with E-state index in [1.54, 1.807) is 12.1 Å². The highest BCUT2D eigenvalue weighted by atomic mass is 16.2. The molecule has 2 aromatic carbocycles. The number of carbonyl (C=O) groups excluding carboxylic acids is 2. The van der Waals surface area contributed by atoms with E-state index in [1.807, 2.05) is 13.0 Å². The molecule has 0 radical (unpaired) electrons. The van der Waals surface area contributed by atoms with Crippen molar-refractivity contribution in [3.05, 3.63) is 59.2 Å². The number of rotatable bonds is 3. The number of hydrogen-bond donors (Lipinski definition) is 3. The number of anilines is 2. The van der Waals surface area contributed by atoms with Crippen LogP contribution in [0.25, 0.3) is 0 Å². The Labute approximate surface area is 153 Å². The highest BCUT2D eigenvalue weighted by molar-refractivity contribution is 6.00. The van der Waals surface area contributed by atoms with Gasteiger partial charge < -0.3 is 16.0 Å². The van der Waals surface area contributed by atoms with Crippen LogP contribution >= 0.6 is 0 Å². The van der Waals surface area contributed by atoms with Crippen molar-refractivity contribution in [3.63, 3.8) is 0 Å². The molecule has 1 heterocycles. The Hall–Kier alpha value is -2.82. The maximum Gasteiger partial charge on any atom is 0.251 e. The molecule has 3 N–H and O–H groups in total. The van der Waals surface area contributed by atoms with Gasteiger partial charge in [-0.15, -0.1) is 0 Å². The molecule has 26 heavy (non-hydrogen) atoms. The molecule has 0 bridgehead atoms. The molecule has 1 unspecified atom stereocenters. The first-order chi connectivity index (χ1) is 12.6. The lowest BCUT2D eigenvalue weighted by molar-refractivity contribution is -0.116. The Kier molecular flexibility index (Phi) is 4.37. The Morgan fingerprint density at radius 1 is 1.08 bits per heavy atom. The van der Waals surface area contributed by atoms with Crippen LogP contribution in [0, 0.1) is 5.92 Å². The monoisotopic (exact) mass is 349 g/mol. The second kappa shape index (κ2) is 6.83. The van der Waals surface area contributed by atoms with Crippen molar-refractivity contribution in [2.24, 2.45) is 5.92 Å². The molecule has 0 saturated heterocycles. The SMILES string of the molecule is CC1CC(=O)Nc2ccc(C(=O)NCC3Cc4ccccc4C3)cc2N1. The smallest absolute Gasteiger partial charge is 0.251 e. The molecule has 2 aliphatic rings. The third-order valence-corrected chi connectivity index (χ3v) is 5.14. The zero-order valence-electron chi connectivity index (χ0n) is 14.8. The Morgan fingerprint density at radius 2 is 1.81 bits per heavy atom. The van der Waals surface area contributed by atoms with Gasteiger partial charge in [-0.2, -0.15) is 0 Å². The molecule has 1 aliphatic heterocycles. The molecule has 0 aromatic heterocycles. The summed E-state index contributed by atoms with van der Waals surface area (Å²) in [6, 6.07) is 13.9. The summed E-state index contributed by atoms with van der Waals surface area (Å²) in [4.78, 5) is 24.4. The van der Waals surface area contributed by atoms with Gasteiger partial charge in [0.05, 0.1) is 11.4 Å². The second-order valence-corrected chi connectivity index (χ2v) is 7.31. The van der Waals surface area contributed by atoms with Crippen LogP contribution in [0.1, 0.15) is 34.8 Å². The first kappa shape index (κ1) is 16.6. The van der Waals surface area contributed by atoms with Crippen LogP contribution in [0.3, 0.4) is 0 Å². The quantitative estimate of drug-likeness (QED) is 0.798. The van der Waals surface area contributed by atoms with Crippen molar-refractivity contribution in [2.45, 2.75) is 32.2 Å². The predicted molar refractivity (Wildman–Crippen MR) is 102 cm³/mol. The molecule has 2 amide bonds. The van der Waals surface area contributed by atoms with Crippen molar-refractivity contribution in [1.82, 2.24) is 5.32 Å². The van der Waals surface area contributed by atoms with Crippen molar-refractivity contribution < 1.29 is 9.59 Å². The molecular formula is C21H23N3O2. The maximum atomic E-state index is 12.6. The maximum absolute atomic E-state index is 12.6. The molecule has 4 rings (SSSR count). The summed E-state index contributed by atoms with van der Waals surface area (Å²) in [6.45, 7) is 2.63. The normalized spacial score (nSPS) is 19.0. The summed E-state index contributed by atoms with van der Waals surface area (Å²) in [6.07, 6.45) is 2.45. The molecule has 0 spiro atoms. The van der Waals surface area contributed by atoms with Crippen molar-refractivity contribution in [3.8, 4) is 0 Å². The molecule has 5 nitrogen and oxygen atoms in total. The van der Waals surface area contributed by atoms with Crippen molar-refractivity contribution >= 4 is 23.2 Å². The number of amides is 2. The van der Waals surface area contributed by atoms with E-state index in [9.17, 15) is 9.59 Å². The van der Waals surface area contributed by atoms with Crippen molar-refractivity contribution in [1.29, 1.82) is 0 Å². The molecule has 5 heteroatoms. The topological polar surface area (TPSA) is 70.2 Å². The lowest BCUT2D eigenvalue weighted by Gasteiger charge is -2.14. The van der Waals surface area contributed by atoms with Gasteiger partial charge >= 0.3 is 0 Å². The second-order valence-electron chi connectivity index (χ2n) is 7.31. The fourth-order valence-corrected chi connectivity index (χ4v) is 3.84. The van der Waals surface area contributed by atoms with Gasteiger partial charge in [0.2, 0.25) is 5.91 Å². The lowest BCUT2D eigenvalue weighted by atomic mass is 10.1. The number of nitrogens with one attached hydrogen (secondary N) is 3. The summed E-state index contributed by atoms with van der Waals surface area (Å²) in [5.41, 5.74) is 4.91. The predicted octanol–water partition coefficient (Wildman–Crippen LogP) is 2.97. The van der Waals surface area contributed by atoms with Gasteiger partial charge in [0, 0.05) is 24.6 Å². The number of benzene rings is 2. The summed E-state index contributed by atoms with van der Waals surface area (Å²) in [5.74, 6) is 0.366. The molecule has 2 aromatic rings. The minimum absolute atomic E-state index is 0.0123. The van der Waals surface area contributed by atoms with Gasteiger partial charge in [0.1, 0.15) is 0 Å². The van der Waals surface area contributed by atoms with Crippen LogP contribution < -0.4 is 16.0 Å². The minimum Gasteiger partial charge on any atom is -0.380 e. The zero-order valence-corrected chi connectivity index (χ0v) is 14.8. The Balaban J connectivity index is 1.41. The van der Waals surface area contributed by atoms with Gasteiger partial charge in [0.15, 0.2) is 0 Å². The third-order valence-electron chi connectivity index (χ3n) is 5.14. The molecule has 1 aliphatic carbocycles. The molecule has 1 atom stereocenters. The van der Waals surface area contributed by atoms with E-state index in [2.05, 4.69) is 40.2 Å². The van der Waals surface area contributed by atoms with Gasteiger partial charge in [-0.05, 0) is 55.0 Å². The van der Waals surface area contributed by atoms with Crippen LogP contribution in [-0.4, -0.2) is 24.4 Å². The summed E-state index contributed by atoms with van der Waals surface area (Å²) >= 11 is 0. The summed E-state index contributed by atoms with van der Waals surface area (Å²) < 4.78 is 0. The fraction of sp³-hybridized carbons (Fsp3) is 0.333. The van der Waals surface area contributed by atoms with E-state index in [1.165, 1.54) is 11.1 Å². The van der Waals surface area contributed by atoms with E-state index < -0.39 is 0 Å². The Morgan fingerprint density at radius 3 is 2.54 bits per heavy atom. The van der Waals surface area contributed by atoms with Gasteiger partial charge in [-0.3, -0.25) is 9.59 Å². The molecular weight excluding hydrogens is 326 g/mol.